The van der Waals surface area contributed by atoms with Crippen LogP contribution in [0, 0.1) is 16.0 Å². The van der Waals surface area contributed by atoms with Crippen LogP contribution in [0.1, 0.15) is 43.1 Å². The number of nitrogens with one attached hydrogen (secondary N) is 2. The summed E-state index contributed by atoms with van der Waals surface area (Å²) in [5.74, 6) is -0.339. The lowest BCUT2D eigenvalue weighted by molar-refractivity contribution is -0.384. The number of nitro benzene ring substituents is 1. The monoisotopic (exact) mass is 447 g/mol. The third kappa shape index (κ3) is 6.96. The van der Waals surface area contributed by atoms with Gasteiger partial charge in [0.1, 0.15) is 11.8 Å². The molecule has 0 radical (unpaired) electrons. The number of carbonyl (C=O) groups is 2. The molecule has 2 aromatic rings. The van der Waals surface area contributed by atoms with Gasteiger partial charge in [-0.1, -0.05) is 44.5 Å². The zero-order valence-electron chi connectivity index (χ0n) is 17.7. The Morgan fingerprint density at radius 3 is 2.39 bits per heavy atom. The molecule has 1 atom stereocenters. The molecule has 166 valence electrons. The molecule has 0 spiro atoms. The maximum Gasteiger partial charge on any atom is 0.270 e. The fraction of sp³-hybridized carbons (Fsp3) is 0.364. The van der Waals surface area contributed by atoms with E-state index in [0.29, 0.717) is 13.2 Å². The van der Waals surface area contributed by atoms with Gasteiger partial charge in [-0.2, -0.15) is 0 Å². The SMILES string of the molecule is CCCOc1ccc(CNC(=O)C(NC(=O)c2ccc([N+](=O)[O-])cc2Cl)C(C)C)cc1. The van der Waals surface area contributed by atoms with Crippen molar-refractivity contribution < 1.29 is 19.2 Å². The summed E-state index contributed by atoms with van der Waals surface area (Å²) in [5, 5.41) is 16.3. The number of nitrogens with zero attached hydrogens (tertiary/aromatic N) is 1. The van der Waals surface area contributed by atoms with Crippen LogP contribution in [0.25, 0.3) is 0 Å². The first kappa shape index (κ1) is 24.1. The number of hydrogen-bond acceptors (Lipinski definition) is 5. The van der Waals surface area contributed by atoms with Gasteiger partial charge in [0.25, 0.3) is 11.6 Å². The summed E-state index contributed by atoms with van der Waals surface area (Å²) < 4.78 is 5.54. The van der Waals surface area contributed by atoms with E-state index in [1.165, 1.54) is 12.1 Å². The van der Waals surface area contributed by atoms with Gasteiger partial charge < -0.3 is 15.4 Å². The van der Waals surface area contributed by atoms with Crippen molar-refractivity contribution in [3.05, 3.63) is 68.7 Å². The Labute approximate surface area is 186 Å². The van der Waals surface area contributed by atoms with Gasteiger partial charge in [-0.15, -0.1) is 0 Å². The van der Waals surface area contributed by atoms with Gasteiger partial charge in [-0.05, 0) is 36.1 Å². The van der Waals surface area contributed by atoms with Gasteiger partial charge in [0.05, 0.1) is 22.1 Å². The Hall–Kier alpha value is -3.13. The van der Waals surface area contributed by atoms with Gasteiger partial charge in [-0.25, -0.2) is 0 Å². The molecule has 31 heavy (non-hydrogen) atoms. The second-order valence-electron chi connectivity index (χ2n) is 7.33. The van der Waals surface area contributed by atoms with Crippen LogP contribution in [0.15, 0.2) is 42.5 Å². The average molecular weight is 448 g/mol. The van der Waals surface area contributed by atoms with E-state index in [9.17, 15) is 19.7 Å². The second-order valence-corrected chi connectivity index (χ2v) is 7.73. The molecule has 2 N–H and O–H groups in total. The van der Waals surface area contributed by atoms with Crippen LogP contribution >= 0.6 is 11.6 Å². The molecule has 0 saturated carbocycles. The Morgan fingerprint density at radius 2 is 1.84 bits per heavy atom. The van der Waals surface area contributed by atoms with Crippen molar-refractivity contribution in [3.63, 3.8) is 0 Å². The Kier molecular flexibility index (Phi) is 8.81. The smallest absolute Gasteiger partial charge is 0.270 e. The number of carbonyl (C=O) groups excluding carboxylic acids is 2. The molecular formula is C22H26ClN3O5. The molecule has 1 unspecified atom stereocenters. The largest absolute Gasteiger partial charge is 0.494 e. The molecule has 0 heterocycles. The minimum absolute atomic E-state index is 0.0556. The highest BCUT2D eigenvalue weighted by molar-refractivity contribution is 6.34. The van der Waals surface area contributed by atoms with Crippen LogP contribution in [-0.4, -0.2) is 29.4 Å². The standard InChI is InChI=1S/C22H26ClN3O5/c1-4-11-31-17-8-5-15(6-9-17)13-24-22(28)20(14(2)3)25-21(27)18-10-7-16(26(29)30)12-19(18)23/h5-10,12,14,20H,4,11,13H2,1-3H3,(H,24,28)(H,25,27). The highest BCUT2D eigenvalue weighted by Gasteiger charge is 2.26. The zero-order chi connectivity index (χ0) is 23.0. The predicted molar refractivity (Wildman–Crippen MR) is 118 cm³/mol. The number of amides is 2. The van der Waals surface area contributed by atoms with Gasteiger partial charge >= 0.3 is 0 Å². The first-order valence-electron chi connectivity index (χ1n) is 9.97. The Bertz CT molecular complexity index is 931. The lowest BCUT2D eigenvalue weighted by Crippen LogP contribution is -2.49. The average Bonchev–Trinajstić information content (AvgIpc) is 2.74. The molecule has 2 aromatic carbocycles. The summed E-state index contributed by atoms with van der Waals surface area (Å²) in [4.78, 5) is 35.5. The first-order chi connectivity index (χ1) is 14.7. The summed E-state index contributed by atoms with van der Waals surface area (Å²) in [6.07, 6.45) is 0.922. The molecule has 8 nitrogen and oxygen atoms in total. The summed E-state index contributed by atoms with van der Waals surface area (Å²) in [5.41, 5.74) is 0.739. The molecule has 0 aromatic heterocycles. The molecule has 9 heteroatoms. The highest BCUT2D eigenvalue weighted by atomic mass is 35.5. The van der Waals surface area contributed by atoms with Gasteiger partial charge in [0, 0.05) is 18.7 Å². The van der Waals surface area contributed by atoms with E-state index in [4.69, 9.17) is 16.3 Å². The third-order valence-corrected chi connectivity index (χ3v) is 4.82. The fourth-order valence-electron chi connectivity index (χ4n) is 2.78. The minimum atomic E-state index is -0.800. The van der Waals surface area contributed by atoms with E-state index in [-0.39, 0.29) is 28.1 Å². The van der Waals surface area contributed by atoms with Crippen molar-refractivity contribution >= 4 is 29.1 Å². The van der Waals surface area contributed by atoms with Crippen LogP contribution in [0.4, 0.5) is 5.69 Å². The van der Waals surface area contributed by atoms with Crippen molar-refractivity contribution in [1.29, 1.82) is 0 Å². The number of rotatable bonds is 10. The van der Waals surface area contributed by atoms with Gasteiger partial charge in [0.2, 0.25) is 5.91 Å². The molecule has 0 aliphatic rings. The number of nitro groups is 1. The third-order valence-electron chi connectivity index (χ3n) is 4.51. The highest BCUT2D eigenvalue weighted by Crippen LogP contribution is 2.22. The summed E-state index contributed by atoms with van der Waals surface area (Å²) in [6, 6.07) is 10.2. The van der Waals surface area contributed by atoms with E-state index < -0.39 is 16.9 Å². The topological polar surface area (TPSA) is 111 Å². The summed E-state index contributed by atoms with van der Waals surface area (Å²) >= 11 is 6.02. The molecule has 0 aliphatic carbocycles. The van der Waals surface area contributed by atoms with Crippen LogP contribution in [-0.2, 0) is 11.3 Å². The number of ether oxygens (including phenoxy) is 1. The minimum Gasteiger partial charge on any atom is -0.494 e. The number of non-ortho nitro benzene ring substituents is 1. The Morgan fingerprint density at radius 1 is 1.16 bits per heavy atom. The fourth-order valence-corrected chi connectivity index (χ4v) is 3.04. The van der Waals surface area contributed by atoms with Crippen molar-refractivity contribution in [2.45, 2.75) is 39.8 Å². The molecule has 0 aliphatic heterocycles. The van der Waals surface area contributed by atoms with E-state index in [2.05, 4.69) is 10.6 Å². The van der Waals surface area contributed by atoms with E-state index in [0.717, 1.165) is 23.8 Å². The second kappa shape index (κ2) is 11.3. The maximum atomic E-state index is 12.7. The van der Waals surface area contributed by atoms with Crippen molar-refractivity contribution in [3.8, 4) is 5.75 Å². The van der Waals surface area contributed by atoms with E-state index >= 15 is 0 Å². The molecular weight excluding hydrogens is 422 g/mol. The van der Waals surface area contributed by atoms with E-state index in [1.807, 2.05) is 45.0 Å². The number of halogens is 1. The summed E-state index contributed by atoms with van der Waals surface area (Å²) in [6.45, 7) is 6.59. The predicted octanol–water partition coefficient (Wildman–Crippen LogP) is 4.11. The van der Waals surface area contributed by atoms with E-state index in [1.54, 1.807) is 0 Å². The Balaban J connectivity index is 2.00. The molecule has 2 rings (SSSR count). The molecule has 0 fully saturated rings. The van der Waals surface area contributed by atoms with Crippen molar-refractivity contribution in [2.24, 2.45) is 5.92 Å². The lowest BCUT2D eigenvalue weighted by atomic mass is 10.0. The van der Waals surface area contributed by atoms with Crippen LogP contribution in [0.5, 0.6) is 5.75 Å². The van der Waals surface area contributed by atoms with Crippen LogP contribution in [0.2, 0.25) is 5.02 Å². The van der Waals surface area contributed by atoms with Crippen LogP contribution < -0.4 is 15.4 Å². The molecule has 0 bridgehead atoms. The quantitative estimate of drug-likeness (QED) is 0.420. The van der Waals surface area contributed by atoms with Crippen molar-refractivity contribution in [2.75, 3.05) is 6.61 Å². The van der Waals surface area contributed by atoms with Gasteiger partial charge in [-0.3, -0.25) is 19.7 Å². The maximum absolute atomic E-state index is 12.7. The van der Waals surface area contributed by atoms with Gasteiger partial charge in [0.15, 0.2) is 0 Å². The molecule has 2 amide bonds. The van der Waals surface area contributed by atoms with Crippen molar-refractivity contribution in [1.82, 2.24) is 10.6 Å². The first-order valence-corrected chi connectivity index (χ1v) is 10.3. The lowest BCUT2D eigenvalue weighted by Gasteiger charge is -2.22. The number of hydrogen-bond donors (Lipinski definition) is 2. The summed E-state index contributed by atoms with van der Waals surface area (Å²) in [7, 11) is 0. The molecule has 0 saturated heterocycles. The number of benzene rings is 2. The zero-order valence-corrected chi connectivity index (χ0v) is 18.4. The normalized spacial score (nSPS) is 11.6. The van der Waals surface area contributed by atoms with Crippen LogP contribution in [0.3, 0.4) is 0 Å².